The Kier molecular flexibility index (Phi) is 4.20. The number of sulfonamides is 1. The van der Waals surface area contributed by atoms with E-state index < -0.39 is 10.0 Å². The molecule has 1 aliphatic rings. The maximum Gasteiger partial charge on any atom is 0.218 e. The fourth-order valence-electron chi connectivity index (χ4n) is 2.07. The Morgan fingerprint density at radius 2 is 2.05 bits per heavy atom. The highest BCUT2D eigenvalue weighted by Gasteiger charge is 2.24. The van der Waals surface area contributed by atoms with Crippen molar-refractivity contribution in [2.45, 2.75) is 18.9 Å². The Balaban J connectivity index is 1.92. The van der Waals surface area contributed by atoms with Gasteiger partial charge in [0.2, 0.25) is 15.9 Å². The Labute approximate surface area is 113 Å². The zero-order chi connectivity index (χ0) is 13.9. The molecule has 1 aromatic rings. The van der Waals surface area contributed by atoms with Crippen molar-refractivity contribution in [2.24, 2.45) is 0 Å². The minimum Gasteiger partial charge on any atom is -0.481 e. The average Bonchev–Trinajstić information content (AvgIpc) is 2.38. The Morgan fingerprint density at radius 3 is 2.63 bits per heavy atom. The van der Waals surface area contributed by atoms with Gasteiger partial charge in [-0.3, -0.25) is 0 Å². The summed E-state index contributed by atoms with van der Waals surface area (Å²) in [6.07, 6.45) is 4.21. The van der Waals surface area contributed by atoms with Gasteiger partial charge < -0.3 is 10.1 Å². The summed E-state index contributed by atoms with van der Waals surface area (Å²) < 4.78 is 29.3. The second-order valence-electron chi connectivity index (χ2n) is 4.53. The number of piperidine rings is 1. The van der Waals surface area contributed by atoms with E-state index in [-0.39, 0.29) is 6.04 Å². The van der Waals surface area contributed by atoms with E-state index in [2.05, 4.69) is 15.3 Å². The van der Waals surface area contributed by atoms with E-state index in [1.807, 2.05) is 0 Å². The lowest BCUT2D eigenvalue weighted by molar-refractivity contribution is 0.331. The zero-order valence-corrected chi connectivity index (χ0v) is 11.9. The number of ether oxygens (including phenoxy) is 1. The van der Waals surface area contributed by atoms with Gasteiger partial charge in [-0.2, -0.15) is 0 Å². The molecule has 19 heavy (non-hydrogen) atoms. The molecule has 0 saturated carbocycles. The van der Waals surface area contributed by atoms with Gasteiger partial charge >= 0.3 is 0 Å². The second kappa shape index (κ2) is 5.70. The minimum atomic E-state index is -3.07. The summed E-state index contributed by atoms with van der Waals surface area (Å²) in [5.74, 6) is 1.20. The van der Waals surface area contributed by atoms with Crippen LogP contribution in [-0.2, 0) is 10.0 Å². The van der Waals surface area contributed by atoms with Crippen molar-refractivity contribution in [1.82, 2.24) is 14.3 Å². The first-order valence-electron chi connectivity index (χ1n) is 6.07. The second-order valence-corrected chi connectivity index (χ2v) is 6.51. The van der Waals surface area contributed by atoms with Crippen LogP contribution in [-0.4, -0.2) is 55.2 Å². The first-order valence-corrected chi connectivity index (χ1v) is 7.91. The number of methoxy groups -OCH3 is 1. The lowest BCUT2D eigenvalue weighted by atomic mass is 10.1. The van der Waals surface area contributed by atoms with Crippen LogP contribution in [0.15, 0.2) is 12.4 Å². The predicted octanol–water partition coefficient (Wildman–Crippen LogP) is 0.321. The van der Waals surface area contributed by atoms with E-state index in [1.165, 1.54) is 16.9 Å². The number of aromatic nitrogens is 2. The fraction of sp³-hybridized carbons (Fsp3) is 0.636. The number of hydrogen-bond donors (Lipinski definition) is 1. The van der Waals surface area contributed by atoms with Crippen LogP contribution in [0, 0.1) is 0 Å². The normalized spacial score (nSPS) is 18.2. The number of hydrogen-bond acceptors (Lipinski definition) is 6. The van der Waals surface area contributed by atoms with Gasteiger partial charge in [-0.15, -0.1) is 0 Å². The number of nitrogens with one attached hydrogen (secondary N) is 1. The summed E-state index contributed by atoms with van der Waals surface area (Å²) in [4.78, 5) is 8.05. The van der Waals surface area contributed by atoms with E-state index in [0.29, 0.717) is 24.8 Å². The Morgan fingerprint density at radius 1 is 1.37 bits per heavy atom. The van der Waals surface area contributed by atoms with Crippen molar-refractivity contribution in [3.63, 3.8) is 0 Å². The van der Waals surface area contributed by atoms with Crippen molar-refractivity contribution < 1.29 is 13.2 Å². The SMILES string of the molecule is COc1cc(NC2CCN(S(C)(=O)=O)CC2)ncn1. The van der Waals surface area contributed by atoms with E-state index in [9.17, 15) is 8.42 Å². The smallest absolute Gasteiger partial charge is 0.218 e. The van der Waals surface area contributed by atoms with Crippen LogP contribution in [0.5, 0.6) is 5.88 Å². The molecule has 2 rings (SSSR count). The third-order valence-electron chi connectivity index (χ3n) is 3.13. The lowest BCUT2D eigenvalue weighted by Gasteiger charge is -2.30. The lowest BCUT2D eigenvalue weighted by Crippen LogP contribution is -2.41. The van der Waals surface area contributed by atoms with E-state index in [0.717, 1.165) is 12.8 Å². The van der Waals surface area contributed by atoms with E-state index in [4.69, 9.17) is 4.74 Å². The standard InChI is InChI=1S/C11H18N4O3S/c1-18-11-7-10(12-8-13-11)14-9-3-5-15(6-4-9)19(2,16)17/h7-9H,3-6H2,1-2H3,(H,12,13,14). The monoisotopic (exact) mass is 286 g/mol. The molecule has 1 N–H and O–H groups in total. The van der Waals surface area contributed by atoms with E-state index in [1.54, 1.807) is 13.2 Å². The molecule has 106 valence electrons. The summed E-state index contributed by atoms with van der Waals surface area (Å²) in [7, 11) is -1.52. The topological polar surface area (TPSA) is 84.4 Å². The van der Waals surface area contributed by atoms with Crippen LogP contribution in [0.4, 0.5) is 5.82 Å². The fourth-order valence-corrected chi connectivity index (χ4v) is 2.95. The average molecular weight is 286 g/mol. The molecule has 2 heterocycles. The predicted molar refractivity (Wildman–Crippen MR) is 71.6 cm³/mol. The molecular formula is C11H18N4O3S. The first-order chi connectivity index (χ1) is 8.99. The van der Waals surface area contributed by atoms with Crippen LogP contribution in [0.25, 0.3) is 0 Å². The number of nitrogens with zero attached hydrogens (tertiary/aromatic N) is 3. The van der Waals surface area contributed by atoms with Crippen molar-refractivity contribution in [1.29, 1.82) is 0 Å². The van der Waals surface area contributed by atoms with Gasteiger partial charge in [0, 0.05) is 25.2 Å². The largest absolute Gasteiger partial charge is 0.481 e. The third-order valence-corrected chi connectivity index (χ3v) is 4.43. The molecule has 1 fully saturated rings. The highest BCUT2D eigenvalue weighted by molar-refractivity contribution is 7.88. The van der Waals surface area contributed by atoms with Crippen LogP contribution < -0.4 is 10.1 Å². The van der Waals surface area contributed by atoms with Crippen LogP contribution in [0.1, 0.15) is 12.8 Å². The molecule has 1 aromatic heterocycles. The van der Waals surface area contributed by atoms with E-state index >= 15 is 0 Å². The molecule has 0 atom stereocenters. The molecule has 0 radical (unpaired) electrons. The summed E-state index contributed by atoms with van der Waals surface area (Å²) >= 11 is 0. The maximum absolute atomic E-state index is 11.4. The molecule has 0 aliphatic carbocycles. The Hall–Kier alpha value is -1.41. The highest BCUT2D eigenvalue weighted by Crippen LogP contribution is 2.18. The maximum atomic E-state index is 11.4. The highest BCUT2D eigenvalue weighted by atomic mass is 32.2. The first kappa shape index (κ1) is 14.0. The van der Waals surface area contributed by atoms with Gasteiger partial charge in [0.05, 0.1) is 13.4 Å². The van der Waals surface area contributed by atoms with Gasteiger partial charge in [0.25, 0.3) is 0 Å². The summed E-state index contributed by atoms with van der Waals surface area (Å²) in [5.41, 5.74) is 0. The van der Waals surface area contributed by atoms with Crippen molar-refractivity contribution in [3.05, 3.63) is 12.4 Å². The van der Waals surface area contributed by atoms with Crippen molar-refractivity contribution in [2.75, 3.05) is 31.8 Å². The number of anilines is 1. The zero-order valence-electron chi connectivity index (χ0n) is 11.0. The summed E-state index contributed by atoms with van der Waals surface area (Å²) in [6, 6.07) is 1.95. The molecule has 0 spiro atoms. The van der Waals surface area contributed by atoms with Crippen LogP contribution >= 0.6 is 0 Å². The van der Waals surface area contributed by atoms with Crippen LogP contribution in [0.2, 0.25) is 0 Å². The minimum absolute atomic E-state index is 0.220. The molecule has 0 bridgehead atoms. The van der Waals surface area contributed by atoms with Gasteiger partial charge in [0.15, 0.2) is 0 Å². The van der Waals surface area contributed by atoms with Gasteiger partial charge in [-0.05, 0) is 12.8 Å². The van der Waals surface area contributed by atoms with Gasteiger partial charge in [-0.1, -0.05) is 0 Å². The molecule has 0 aromatic carbocycles. The molecular weight excluding hydrogens is 268 g/mol. The molecule has 1 saturated heterocycles. The van der Waals surface area contributed by atoms with Crippen molar-refractivity contribution in [3.8, 4) is 5.88 Å². The van der Waals surface area contributed by atoms with Crippen LogP contribution in [0.3, 0.4) is 0 Å². The summed E-state index contributed by atoms with van der Waals surface area (Å²) in [5, 5.41) is 3.27. The molecule has 1 aliphatic heterocycles. The molecule has 7 nitrogen and oxygen atoms in total. The molecule has 0 amide bonds. The van der Waals surface area contributed by atoms with Gasteiger partial charge in [0.1, 0.15) is 12.1 Å². The van der Waals surface area contributed by atoms with Gasteiger partial charge in [-0.25, -0.2) is 22.7 Å². The Bertz CT molecular complexity index is 526. The molecule has 0 unspecified atom stereocenters. The van der Waals surface area contributed by atoms with Crippen molar-refractivity contribution >= 4 is 15.8 Å². The third kappa shape index (κ3) is 3.77. The number of rotatable bonds is 4. The summed E-state index contributed by atoms with van der Waals surface area (Å²) in [6.45, 7) is 1.08. The quantitative estimate of drug-likeness (QED) is 0.858. The molecule has 8 heteroatoms.